The van der Waals surface area contributed by atoms with Crippen molar-refractivity contribution in [2.45, 2.75) is 31.8 Å². The van der Waals surface area contributed by atoms with Gasteiger partial charge in [-0.2, -0.15) is 0 Å². The van der Waals surface area contributed by atoms with E-state index < -0.39 is 5.97 Å². The smallest absolute Gasteiger partial charge is 0.335 e. The highest BCUT2D eigenvalue weighted by Crippen LogP contribution is 2.17. The highest BCUT2D eigenvalue weighted by Gasteiger charge is 2.18. The van der Waals surface area contributed by atoms with E-state index in [2.05, 4.69) is 10.2 Å². The Morgan fingerprint density at radius 2 is 2.37 bits per heavy atom. The largest absolute Gasteiger partial charge is 0.478 e. The number of aromatic nitrogens is 3. The molecule has 19 heavy (non-hydrogen) atoms. The Morgan fingerprint density at radius 3 is 3.11 bits per heavy atom. The molecule has 0 aliphatic carbocycles. The topological polar surface area (TPSA) is 76.7 Å². The van der Waals surface area contributed by atoms with Gasteiger partial charge in [0.05, 0.1) is 11.7 Å². The Bertz CT molecular complexity index is 602. The first kappa shape index (κ1) is 12.1. The number of pyridine rings is 1. The number of fused-ring (bicyclic) bond motifs is 1. The van der Waals surface area contributed by atoms with Gasteiger partial charge in [-0.1, -0.05) is 0 Å². The van der Waals surface area contributed by atoms with Crippen molar-refractivity contribution in [1.82, 2.24) is 14.6 Å². The van der Waals surface area contributed by atoms with Crippen LogP contribution in [-0.2, 0) is 11.2 Å². The van der Waals surface area contributed by atoms with E-state index >= 15 is 0 Å². The van der Waals surface area contributed by atoms with Crippen molar-refractivity contribution in [3.8, 4) is 0 Å². The van der Waals surface area contributed by atoms with Gasteiger partial charge in [-0.15, -0.1) is 10.2 Å². The molecule has 2 aromatic heterocycles. The molecule has 1 atom stereocenters. The van der Waals surface area contributed by atoms with E-state index in [4.69, 9.17) is 9.84 Å². The maximum absolute atomic E-state index is 10.9. The van der Waals surface area contributed by atoms with E-state index in [1.165, 1.54) is 12.5 Å². The third kappa shape index (κ3) is 2.44. The van der Waals surface area contributed by atoms with Gasteiger partial charge in [0.1, 0.15) is 5.82 Å². The van der Waals surface area contributed by atoms with E-state index in [1.807, 2.05) is 4.40 Å². The van der Waals surface area contributed by atoms with Crippen molar-refractivity contribution < 1.29 is 14.6 Å². The first-order valence-corrected chi connectivity index (χ1v) is 6.42. The zero-order chi connectivity index (χ0) is 13.2. The maximum Gasteiger partial charge on any atom is 0.335 e. The van der Waals surface area contributed by atoms with Crippen LogP contribution in [-0.4, -0.2) is 38.4 Å². The van der Waals surface area contributed by atoms with Gasteiger partial charge in [0.15, 0.2) is 5.65 Å². The van der Waals surface area contributed by atoms with Gasteiger partial charge in [-0.3, -0.25) is 4.40 Å². The highest BCUT2D eigenvalue weighted by molar-refractivity contribution is 5.88. The minimum Gasteiger partial charge on any atom is -0.478 e. The second-order valence-electron chi connectivity index (χ2n) is 4.76. The summed E-state index contributed by atoms with van der Waals surface area (Å²) in [4.78, 5) is 10.9. The molecule has 100 valence electrons. The summed E-state index contributed by atoms with van der Waals surface area (Å²) in [5.41, 5.74) is 0.783. The standard InChI is InChI=1S/C13H15N3O3/c17-13(18)9-4-5-16-11(7-9)14-15-12(16)8-10-3-1-2-6-19-10/h4-5,7,10H,1-3,6,8H2,(H,17,18). The van der Waals surface area contributed by atoms with Crippen LogP contribution < -0.4 is 0 Å². The molecule has 0 bridgehead atoms. The Morgan fingerprint density at radius 1 is 1.47 bits per heavy atom. The number of ether oxygens (including phenoxy) is 1. The SMILES string of the molecule is O=C(O)c1ccn2c(CC3CCCCO3)nnc2c1. The fraction of sp³-hybridized carbons (Fsp3) is 0.462. The first-order valence-electron chi connectivity index (χ1n) is 6.42. The Labute approximate surface area is 110 Å². The molecule has 0 aromatic carbocycles. The van der Waals surface area contributed by atoms with Gasteiger partial charge in [-0.05, 0) is 31.4 Å². The monoisotopic (exact) mass is 261 g/mol. The van der Waals surface area contributed by atoms with Crippen LogP contribution >= 0.6 is 0 Å². The summed E-state index contributed by atoms with van der Waals surface area (Å²) in [7, 11) is 0. The summed E-state index contributed by atoms with van der Waals surface area (Å²) in [6, 6.07) is 3.09. The first-order chi connectivity index (χ1) is 9.24. The third-order valence-corrected chi connectivity index (χ3v) is 3.41. The van der Waals surface area contributed by atoms with Crippen LogP contribution in [0, 0.1) is 0 Å². The van der Waals surface area contributed by atoms with Crippen molar-refractivity contribution in [2.24, 2.45) is 0 Å². The molecule has 3 heterocycles. The lowest BCUT2D eigenvalue weighted by atomic mass is 10.1. The average molecular weight is 261 g/mol. The molecule has 0 radical (unpaired) electrons. The summed E-state index contributed by atoms with van der Waals surface area (Å²) < 4.78 is 7.51. The van der Waals surface area contributed by atoms with Crippen LogP contribution in [0.4, 0.5) is 0 Å². The molecule has 1 saturated heterocycles. The Hall–Kier alpha value is -1.95. The van der Waals surface area contributed by atoms with E-state index in [-0.39, 0.29) is 11.7 Å². The van der Waals surface area contributed by atoms with Crippen LogP contribution in [0.5, 0.6) is 0 Å². The van der Waals surface area contributed by atoms with Gasteiger partial charge in [0.2, 0.25) is 0 Å². The average Bonchev–Trinajstić information content (AvgIpc) is 2.82. The number of nitrogens with zero attached hydrogens (tertiary/aromatic N) is 3. The fourth-order valence-electron chi connectivity index (χ4n) is 2.38. The molecule has 3 rings (SSSR count). The van der Waals surface area contributed by atoms with Crippen LogP contribution in [0.2, 0.25) is 0 Å². The summed E-state index contributed by atoms with van der Waals surface area (Å²) in [6.07, 6.45) is 5.97. The molecule has 0 saturated carbocycles. The predicted molar refractivity (Wildman–Crippen MR) is 67.2 cm³/mol. The summed E-state index contributed by atoms with van der Waals surface area (Å²) in [5.74, 6) is -0.137. The highest BCUT2D eigenvalue weighted by atomic mass is 16.5. The van der Waals surface area contributed by atoms with Gasteiger partial charge in [0, 0.05) is 19.2 Å². The number of rotatable bonds is 3. The molecule has 1 aliphatic rings. The fourth-order valence-corrected chi connectivity index (χ4v) is 2.38. The summed E-state index contributed by atoms with van der Waals surface area (Å²) >= 11 is 0. The summed E-state index contributed by atoms with van der Waals surface area (Å²) in [6.45, 7) is 0.810. The lowest BCUT2D eigenvalue weighted by Crippen LogP contribution is -2.22. The second kappa shape index (κ2) is 4.97. The normalized spacial score (nSPS) is 19.7. The van der Waals surface area contributed by atoms with Gasteiger partial charge in [0.25, 0.3) is 0 Å². The van der Waals surface area contributed by atoms with Gasteiger partial charge >= 0.3 is 5.97 Å². The van der Waals surface area contributed by atoms with E-state index in [0.717, 1.165) is 25.3 Å². The van der Waals surface area contributed by atoms with Crippen molar-refractivity contribution in [3.63, 3.8) is 0 Å². The van der Waals surface area contributed by atoms with Gasteiger partial charge < -0.3 is 9.84 Å². The van der Waals surface area contributed by atoms with Crippen LogP contribution in [0.3, 0.4) is 0 Å². The molecular formula is C13H15N3O3. The predicted octanol–water partition coefficient (Wildman–Crippen LogP) is 1.54. The Balaban J connectivity index is 1.86. The Kier molecular flexibility index (Phi) is 3.16. The molecular weight excluding hydrogens is 246 g/mol. The van der Waals surface area contributed by atoms with Crippen molar-refractivity contribution in [3.05, 3.63) is 29.7 Å². The van der Waals surface area contributed by atoms with Crippen LogP contribution in [0.1, 0.15) is 35.4 Å². The molecule has 1 fully saturated rings. The quantitative estimate of drug-likeness (QED) is 0.906. The lowest BCUT2D eigenvalue weighted by Gasteiger charge is -2.21. The van der Waals surface area contributed by atoms with Crippen LogP contribution in [0.15, 0.2) is 18.3 Å². The number of carbonyl (C=O) groups is 1. The molecule has 6 nitrogen and oxygen atoms in total. The van der Waals surface area contributed by atoms with Crippen molar-refractivity contribution in [2.75, 3.05) is 6.61 Å². The zero-order valence-corrected chi connectivity index (χ0v) is 10.5. The second-order valence-corrected chi connectivity index (χ2v) is 4.76. The maximum atomic E-state index is 10.9. The molecule has 1 aliphatic heterocycles. The summed E-state index contributed by atoms with van der Waals surface area (Å²) in [5, 5.41) is 17.1. The van der Waals surface area contributed by atoms with Gasteiger partial charge in [-0.25, -0.2) is 4.79 Å². The molecule has 0 amide bonds. The van der Waals surface area contributed by atoms with Crippen molar-refractivity contribution in [1.29, 1.82) is 0 Å². The molecule has 6 heteroatoms. The molecule has 1 unspecified atom stereocenters. The number of hydrogen-bond acceptors (Lipinski definition) is 4. The third-order valence-electron chi connectivity index (χ3n) is 3.41. The number of carboxylic acid groups (broad SMARTS) is 1. The lowest BCUT2D eigenvalue weighted by molar-refractivity contribution is 0.0155. The molecule has 1 N–H and O–H groups in total. The number of hydrogen-bond donors (Lipinski definition) is 1. The van der Waals surface area contributed by atoms with E-state index in [9.17, 15) is 4.79 Å². The van der Waals surface area contributed by atoms with Crippen molar-refractivity contribution >= 4 is 11.6 Å². The van der Waals surface area contributed by atoms with Crippen LogP contribution in [0.25, 0.3) is 5.65 Å². The minimum absolute atomic E-state index is 0.195. The zero-order valence-electron chi connectivity index (χ0n) is 10.5. The number of aromatic carboxylic acids is 1. The number of carboxylic acids is 1. The minimum atomic E-state index is -0.956. The van der Waals surface area contributed by atoms with E-state index in [0.29, 0.717) is 12.1 Å². The molecule has 0 spiro atoms. The molecule has 2 aromatic rings. The van der Waals surface area contributed by atoms with E-state index in [1.54, 1.807) is 12.3 Å².